The fraction of sp³-hybridized carbons (Fsp3) is 0.231. The second-order valence-electron chi connectivity index (χ2n) is 7.09. The molecular weight excluding hydrogens is 450 g/mol. The van der Waals surface area contributed by atoms with Crippen LogP contribution >= 0.6 is 0 Å². The Morgan fingerprint density at radius 2 is 1.74 bits per heavy atom. The number of esters is 1. The molecule has 2 N–H and O–H groups in total. The van der Waals surface area contributed by atoms with Gasteiger partial charge >= 0.3 is 11.9 Å². The monoisotopic (exact) mass is 475 g/mol. The zero-order valence-electron chi connectivity index (χ0n) is 19.4. The number of carbonyl (C=O) groups is 2. The third kappa shape index (κ3) is 8.04. The van der Waals surface area contributed by atoms with Crippen LogP contribution in [-0.4, -0.2) is 51.0 Å². The summed E-state index contributed by atoms with van der Waals surface area (Å²) in [5.74, 6) is -1.07. The summed E-state index contributed by atoms with van der Waals surface area (Å²) in [4.78, 5) is 22.7. The molecule has 0 radical (unpaired) electrons. The quantitative estimate of drug-likeness (QED) is 0.205. The highest BCUT2D eigenvalue weighted by Crippen LogP contribution is 2.29. The van der Waals surface area contributed by atoms with Crippen LogP contribution in [0.3, 0.4) is 0 Å². The SMILES string of the molecule is COC(=O)C(C#N)=Cc1ccccc1CCNCCOc1ccc(C=C(C#N)C(=O)O)cc1OC. The number of hydrogen-bond acceptors (Lipinski definition) is 8. The van der Waals surface area contributed by atoms with Gasteiger partial charge in [0.05, 0.1) is 14.2 Å². The molecule has 0 amide bonds. The largest absolute Gasteiger partial charge is 0.493 e. The van der Waals surface area contributed by atoms with E-state index in [1.54, 1.807) is 24.3 Å². The molecule has 2 rings (SSSR count). The van der Waals surface area contributed by atoms with Gasteiger partial charge in [-0.2, -0.15) is 10.5 Å². The van der Waals surface area contributed by atoms with E-state index in [2.05, 4.69) is 10.1 Å². The van der Waals surface area contributed by atoms with Crippen molar-refractivity contribution in [2.75, 3.05) is 33.9 Å². The molecule has 0 saturated carbocycles. The van der Waals surface area contributed by atoms with Gasteiger partial charge in [-0.3, -0.25) is 0 Å². The molecule has 0 unspecified atom stereocenters. The van der Waals surface area contributed by atoms with Gasteiger partial charge in [-0.25, -0.2) is 9.59 Å². The summed E-state index contributed by atoms with van der Waals surface area (Å²) in [5, 5.41) is 30.3. The zero-order chi connectivity index (χ0) is 25.6. The van der Waals surface area contributed by atoms with Gasteiger partial charge in [-0.1, -0.05) is 30.3 Å². The third-order valence-electron chi connectivity index (χ3n) is 4.84. The number of nitriles is 2. The molecule has 0 aliphatic rings. The van der Waals surface area contributed by atoms with Crippen LogP contribution in [0.15, 0.2) is 53.6 Å². The number of carboxylic acid groups (broad SMARTS) is 1. The van der Waals surface area contributed by atoms with Crippen molar-refractivity contribution >= 4 is 24.1 Å². The average Bonchev–Trinajstić information content (AvgIpc) is 2.88. The maximum absolute atomic E-state index is 11.7. The van der Waals surface area contributed by atoms with Crippen molar-refractivity contribution < 1.29 is 28.9 Å². The lowest BCUT2D eigenvalue weighted by atomic mass is 10.0. The van der Waals surface area contributed by atoms with E-state index in [0.29, 0.717) is 43.2 Å². The van der Waals surface area contributed by atoms with Crippen molar-refractivity contribution in [3.05, 3.63) is 70.3 Å². The van der Waals surface area contributed by atoms with Gasteiger partial charge in [0.2, 0.25) is 0 Å². The minimum atomic E-state index is -1.30. The van der Waals surface area contributed by atoms with Crippen LogP contribution in [0.4, 0.5) is 0 Å². The number of methoxy groups -OCH3 is 2. The number of hydrogen-bond donors (Lipinski definition) is 2. The Morgan fingerprint density at radius 1 is 1.00 bits per heavy atom. The number of nitrogens with one attached hydrogen (secondary N) is 1. The Labute approximate surface area is 203 Å². The van der Waals surface area contributed by atoms with E-state index < -0.39 is 11.9 Å². The van der Waals surface area contributed by atoms with Crippen molar-refractivity contribution in [3.8, 4) is 23.6 Å². The summed E-state index contributed by atoms with van der Waals surface area (Å²) in [6, 6.07) is 15.9. The number of carbonyl (C=O) groups excluding carboxylic acids is 1. The lowest BCUT2D eigenvalue weighted by Crippen LogP contribution is -2.23. The molecule has 0 atom stereocenters. The predicted octanol–water partition coefficient (Wildman–Crippen LogP) is 2.98. The summed E-state index contributed by atoms with van der Waals surface area (Å²) in [6.07, 6.45) is 3.45. The third-order valence-corrected chi connectivity index (χ3v) is 4.84. The van der Waals surface area contributed by atoms with E-state index in [1.807, 2.05) is 30.3 Å². The first-order valence-corrected chi connectivity index (χ1v) is 10.6. The average molecular weight is 476 g/mol. The van der Waals surface area contributed by atoms with Crippen LogP contribution in [0.2, 0.25) is 0 Å². The highest BCUT2D eigenvalue weighted by Gasteiger charge is 2.11. The normalized spacial score (nSPS) is 11.2. The first kappa shape index (κ1) is 26.7. The van der Waals surface area contributed by atoms with Crippen LogP contribution in [0, 0.1) is 22.7 Å². The van der Waals surface area contributed by atoms with Crippen LogP contribution in [0.5, 0.6) is 11.5 Å². The van der Waals surface area contributed by atoms with Crippen molar-refractivity contribution in [1.82, 2.24) is 5.32 Å². The Bertz CT molecular complexity index is 1200. The molecule has 0 spiro atoms. The van der Waals surface area contributed by atoms with E-state index in [0.717, 1.165) is 11.1 Å². The minimum absolute atomic E-state index is 0.0661. The van der Waals surface area contributed by atoms with Crippen LogP contribution in [0.1, 0.15) is 16.7 Å². The van der Waals surface area contributed by atoms with Crippen molar-refractivity contribution in [2.45, 2.75) is 6.42 Å². The van der Waals surface area contributed by atoms with Gasteiger partial charge < -0.3 is 24.6 Å². The maximum atomic E-state index is 11.7. The molecule has 0 aliphatic heterocycles. The zero-order valence-corrected chi connectivity index (χ0v) is 19.4. The van der Waals surface area contributed by atoms with Gasteiger partial charge in [0, 0.05) is 6.54 Å². The maximum Gasteiger partial charge on any atom is 0.348 e. The fourth-order valence-electron chi connectivity index (χ4n) is 3.09. The summed E-state index contributed by atoms with van der Waals surface area (Å²) >= 11 is 0. The van der Waals surface area contributed by atoms with E-state index in [9.17, 15) is 14.9 Å². The molecule has 180 valence electrons. The van der Waals surface area contributed by atoms with Crippen LogP contribution < -0.4 is 14.8 Å². The van der Waals surface area contributed by atoms with Gasteiger partial charge in [0.1, 0.15) is 29.9 Å². The molecule has 0 aliphatic carbocycles. The van der Waals surface area contributed by atoms with Gasteiger partial charge in [-0.05, 0) is 53.9 Å². The second-order valence-corrected chi connectivity index (χ2v) is 7.09. The molecule has 9 nitrogen and oxygen atoms in total. The lowest BCUT2D eigenvalue weighted by Gasteiger charge is -2.12. The van der Waals surface area contributed by atoms with Gasteiger partial charge in [-0.15, -0.1) is 0 Å². The Hall–Kier alpha value is -4.60. The number of ether oxygens (including phenoxy) is 3. The molecule has 9 heteroatoms. The van der Waals surface area contributed by atoms with Gasteiger partial charge in [0.25, 0.3) is 0 Å². The summed E-state index contributed by atoms with van der Waals surface area (Å²) in [5.41, 5.74) is 1.81. The molecule has 2 aromatic rings. The van der Waals surface area contributed by atoms with Crippen LogP contribution in [-0.2, 0) is 20.7 Å². The molecule has 0 aromatic heterocycles. The number of rotatable bonds is 12. The van der Waals surface area contributed by atoms with E-state index in [4.69, 9.17) is 19.8 Å². The van der Waals surface area contributed by atoms with E-state index in [1.165, 1.54) is 26.4 Å². The standard InChI is InChI=1S/C26H25N3O6/c1-33-24-14-18(13-21(16-27)25(30)31)7-8-23(24)35-12-11-29-10-9-19-5-3-4-6-20(19)15-22(17-28)26(32)34-2/h3-8,13-15,29H,9-12H2,1-2H3,(H,30,31). The summed E-state index contributed by atoms with van der Waals surface area (Å²) in [7, 11) is 2.70. The Morgan fingerprint density at radius 3 is 2.40 bits per heavy atom. The molecule has 0 fully saturated rings. The van der Waals surface area contributed by atoms with Crippen LogP contribution in [0.25, 0.3) is 12.2 Å². The molecule has 0 bridgehead atoms. The minimum Gasteiger partial charge on any atom is -0.493 e. The fourth-order valence-corrected chi connectivity index (χ4v) is 3.09. The summed E-state index contributed by atoms with van der Waals surface area (Å²) in [6.45, 7) is 1.54. The summed E-state index contributed by atoms with van der Waals surface area (Å²) < 4.78 is 15.7. The predicted molar refractivity (Wildman–Crippen MR) is 128 cm³/mol. The van der Waals surface area contributed by atoms with Crippen molar-refractivity contribution in [2.24, 2.45) is 0 Å². The highest BCUT2D eigenvalue weighted by atomic mass is 16.5. The first-order valence-electron chi connectivity index (χ1n) is 10.6. The van der Waals surface area contributed by atoms with Crippen molar-refractivity contribution in [1.29, 1.82) is 10.5 Å². The number of benzene rings is 2. The Balaban J connectivity index is 1.91. The molecule has 35 heavy (non-hydrogen) atoms. The van der Waals surface area contributed by atoms with Gasteiger partial charge in [0.15, 0.2) is 11.5 Å². The Kier molecular flexibility index (Phi) is 10.5. The molecular formula is C26H25N3O6. The smallest absolute Gasteiger partial charge is 0.348 e. The van der Waals surface area contributed by atoms with E-state index in [-0.39, 0.29) is 11.1 Å². The van der Waals surface area contributed by atoms with Crippen molar-refractivity contribution in [3.63, 3.8) is 0 Å². The number of aliphatic carboxylic acids is 1. The number of carboxylic acids is 1. The topological polar surface area (TPSA) is 142 Å². The molecule has 0 saturated heterocycles. The molecule has 0 heterocycles. The first-order chi connectivity index (χ1) is 16.9. The molecule has 2 aromatic carbocycles. The highest BCUT2D eigenvalue weighted by molar-refractivity contribution is 5.98. The number of nitrogens with zero attached hydrogens (tertiary/aromatic N) is 2. The van der Waals surface area contributed by atoms with E-state index >= 15 is 0 Å². The lowest BCUT2D eigenvalue weighted by molar-refractivity contribution is -0.135. The second kappa shape index (κ2) is 13.8.